The Morgan fingerprint density at radius 3 is 2.44 bits per heavy atom. The zero-order valence-corrected chi connectivity index (χ0v) is 10.6. The van der Waals surface area contributed by atoms with E-state index in [1.165, 1.54) is 12.4 Å². The van der Waals surface area contributed by atoms with E-state index < -0.39 is 5.91 Å². The van der Waals surface area contributed by atoms with Crippen molar-refractivity contribution in [1.29, 1.82) is 0 Å². The largest absolute Gasteiger partial charge is 0.289 e. The van der Waals surface area contributed by atoms with Crippen molar-refractivity contribution in [2.45, 2.75) is 13.8 Å². The minimum atomic E-state index is -0.449. The SMILES string of the molecule is Cc1cc(C)nc(NC(=O)c2cncc(Cl)n2)n1. The lowest BCUT2D eigenvalue weighted by Gasteiger charge is -2.04. The highest BCUT2D eigenvalue weighted by Crippen LogP contribution is 2.07. The number of nitrogens with zero attached hydrogens (tertiary/aromatic N) is 4. The van der Waals surface area contributed by atoms with E-state index in [1.54, 1.807) is 0 Å². The van der Waals surface area contributed by atoms with Crippen LogP contribution >= 0.6 is 11.6 Å². The summed E-state index contributed by atoms with van der Waals surface area (Å²) in [5.74, 6) is -0.214. The fraction of sp³-hybridized carbons (Fsp3) is 0.182. The second-order valence-electron chi connectivity index (χ2n) is 3.66. The third-order valence-corrected chi connectivity index (χ3v) is 2.23. The number of aryl methyl sites for hydroxylation is 2. The van der Waals surface area contributed by atoms with Crippen LogP contribution in [0.5, 0.6) is 0 Å². The first-order valence-electron chi connectivity index (χ1n) is 5.16. The number of hydrogen-bond donors (Lipinski definition) is 1. The average molecular weight is 264 g/mol. The number of rotatable bonds is 2. The Morgan fingerprint density at radius 2 is 1.83 bits per heavy atom. The van der Waals surface area contributed by atoms with Crippen molar-refractivity contribution in [3.63, 3.8) is 0 Å². The molecule has 0 atom stereocenters. The highest BCUT2D eigenvalue weighted by molar-refractivity contribution is 6.29. The van der Waals surface area contributed by atoms with Crippen molar-refractivity contribution in [2.24, 2.45) is 0 Å². The summed E-state index contributed by atoms with van der Waals surface area (Å²) in [6, 6.07) is 1.81. The summed E-state index contributed by atoms with van der Waals surface area (Å²) < 4.78 is 0. The van der Waals surface area contributed by atoms with Crippen molar-refractivity contribution in [3.05, 3.63) is 40.7 Å². The zero-order valence-electron chi connectivity index (χ0n) is 9.81. The zero-order chi connectivity index (χ0) is 13.1. The fourth-order valence-corrected chi connectivity index (χ4v) is 1.55. The molecule has 18 heavy (non-hydrogen) atoms. The van der Waals surface area contributed by atoms with Crippen LogP contribution < -0.4 is 5.32 Å². The Labute approximate surface area is 108 Å². The molecule has 92 valence electrons. The molecule has 0 bridgehead atoms. The molecule has 1 amide bonds. The third-order valence-electron chi connectivity index (χ3n) is 2.05. The van der Waals surface area contributed by atoms with Gasteiger partial charge in [-0.2, -0.15) is 0 Å². The highest BCUT2D eigenvalue weighted by Gasteiger charge is 2.10. The summed E-state index contributed by atoms with van der Waals surface area (Å²) in [7, 11) is 0. The Kier molecular flexibility index (Phi) is 3.47. The first kappa shape index (κ1) is 12.4. The molecule has 0 aliphatic heterocycles. The number of carbonyl (C=O) groups is 1. The number of halogens is 1. The van der Waals surface area contributed by atoms with E-state index in [-0.39, 0.29) is 16.8 Å². The number of anilines is 1. The van der Waals surface area contributed by atoms with Gasteiger partial charge in [-0.3, -0.25) is 15.1 Å². The normalized spacial score (nSPS) is 10.2. The monoisotopic (exact) mass is 263 g/mol. The quantitative estimate of drug-likeness (QED) is 0.893. The summed E-state index contributed by atoms with van der Waals surface area (Å²) in [5, 5.41) is 2.70. The standard InChI is InChI=1S/C11H10ClN5O/c1-6-3-7(2)15-11(14-6)17-10(18)8-4-13-5-9(12)16-8/h3-5H,1-2H3,(H,14,15,17,18). The van der Waals surface area contributed by atoms with Crippen LogP contribution in [0.4, 0.5) is 5.95 Å². The van der Waals surface area contributed by atoms with Crippen LogP contribution in [0.1, 0.15) is 21.9 Å². The Balaban J connectivity index is 2.21. The predicted octanol–water partition coefficient (Wildman–Crippen LogP) is 1.79. The molecule has 1 N–H and O–H groups in total. The second kappa shape index (κ2) is 5.05. The van der Waals surface area contributed by atoms with Crippen LogP contribution in [0, 0.1) is 13.8 Å². The molecule has 0 saturated heterocycles. The number of nitrogens with one attached hydrogen (secondary N) is 1. The molecule has 2 aromatic heterocycles. The van der Waals surface area contributed by atoms with E-state index in [2.05, 4.69) is 25.3 Å². The van der Waals surface area contributed by atoms with Crippen LogP contribution in [0.2, 0.25) is 5.15 Å². The number of aromatic nitrogens is 4. The van der Waals surface area contributed by atoms with Gasteiger partial charge in [-0.05, 0) is 19.9 Å². The van der Waals surface area contributed by atoms with Gasteiger partial charge in [-0.25, -0.2) is 15.0 Å². The molecular weight excluding hydrogens is 254 g/mol. The van der Waals surface area contributed by atoms with E-state index in [9.17, 15) is 4.79 Å². The molecule has 0 radical (unpaired) electrons. The molecule has 0 aromatic carbocycles. The maximum absolute atomic E-state index is 11.8. The van der Waals surface area contributed by atoms with Gasteiger partial charge in [0.05, 0.1) is 12.4 Å². The molecule has 7 heteroatoms. The maximum Gasteiger partial charge on any atom is 0.278 e. The average Bonchev–Trinajstić information content (AvgIpc) is 2.27. The highest BCUT2D eigenvalue weighted by atomic mass is 35.5. The molecule has 2 rings (SSSR count). The van der Waals surface area contributed by atoms with E-state index in [1.807, 2.05) is 19.9 Å². The number of carbonyl (C=O) groups excluding carboxylic acids is 1. The van der Waals surface area contributed by atoms with Crippen LogP contribution in [0.15, 0.2) is 18.5 Å². The van der Waals surface area contributed by atoms with Crippen LogP contribution in [0.3, 0.4) is 0 Å². The fourth-order valence-electron chi connectivity index (χ4n) is 1.40. The topological polar surface area (TPSA) is 80.7 Å². The minimum absolute atomic E-state index is 0.116. The molecule has 0 fully saturated rings. The van der Waals surface area contributed by atoms with E-state index in [4.69, 9.17) is 11.6 Å². The van der Waals surface area contributed by atoms with Crippen molar-refractivity contribution in [3.8, 4) is 0 Å². The summed E-state index contributed by atoms with van der Waals surface area (Å²) >= 11 is 5.66. The molecule has 2 heterocycles. The predicted molar refractivity (Wildman–Crippen MR) is 66.5 cm³/mol. The van der Waals surface area contributed by atoms with Gasteiger partial charge in [-0.1, -0.05) is 11.6 Å². The number of amides is 1. The summed E-state index contributed by atoms with van der Waals surface area (Å²) in [6.07, 6.45) is 2.68. The van der Waals surface area contributed by atoms with Gasteiger partial charge < -0.3 is 0 Å². The van der Waals surface area contributed by atoms with Gasteiger partial charge in [0.2, 0.25) is 5.95 Å². The van der Waals surface area contributed by atoms with Crippen molar-refractivity contribution in [2.75, 3.05) is 5.32 Å². The molecule has 0 aliphatic rings. The van der Waals surface area contributed by atoms with Gasteiger partial charge in [0.15, 0.2) is 0 Å². The molecule has 0 unspecified atom stereocenters. The molecule has 0 saturated carbocycles. The van der Waals surface area contributed by atoms with Gasteiger partial charge >= 0.3 is 0 Å². The van der Waals surface area contributed by atoms with E-state index >= 15 is 0 Å². The first-order valence-corrected chi connectivity index (χ1v) is 5.53. The first-order chi connectivity index (χ1) is 8.54. The molecular formula is C11H10ClN5O. The molecule has 0 aliphatic carbocycles. The summed E-state index contributed by atoms with van der Waals surface area (Å²) in [6.45, 7) is 3.65. The van der Waals surface area contributed by atoms with Crippen molar-refractivity contribution < 1.29 is 4.79 Å². The summed E-state index contributed by atoms with van der Waals surface area (Å²) in [4.78, 5) is 27.7. The lowest BCUT2D eigenvalue weighted by Crippen LogP contribution is -2.16. The molecule has 0 spiro atoms. The summed E-state index contributed by atoms with van der Waals surface area (Å²) in [5.41, 5.74) is 1.66. The lowest BCUT2D eigenvalue weighted by molar-refractivity contribution is 0.102. The maximum atomic E-state index is 11.8. The van der Waals surface area contributed by atoms with E-state index in [0.29, 0.717) is 0 Å². The Bertz CT molecular complexity index is 581. The smallest absolute Gasteiger partial charge is 0.278 e. The number of hydrogen-bond acceptors (Lipinski definition) is 5. The molecule has 6 nitrogen and oxygen atoms in total. The minimum Gasteiger partial charge on any atom is -0.289 e. The van der Waals surface area contributed by atoms with Gasteiger partial charge in [-0.15, -0.1) is 0 Å². The third kappa shape index (κ3) is 2.98. The van der Waals surface area contributed by atoms with E-state index in [0.717, 1.165) is 11.4 Å². The van der Waals surface area contributed by atoms with Gasteiger partial charge in [0.1, 0.15) is 10.8 Å². The lowest BCUT2D eigenvalue weighted by atomic mass is 10.3. The van der Waals surface area contributed by atoms with Crippen LogP contribution in [-0.4, -0.2) is 25.8 Å². The Morgan fingerprint density at radius 1 is 1.17 bits per heavy atom. The van der Waals surface area contributed by atoms with Crippen LogP contribution in [-0.2, 0) is 0 Å². The van der Waals surface area contributed by atoms with Crippen LogP contribution in [0.25, 0.3) is 0 Å². The van der Waals surface area contributed by atoms with Gasteiger partial charge in [0, 0.05) is 11.4 Å². The van der Waals surface area contributed by atoms with Crippen molar-refractivity contribution in [1.82, 2.24) is 19.9 Å². The van der Waals surface area contributed by atoms with Gasteiger partial charge in [0.25, 0.3) is 5.91 Å². The molecule has 2 aromatic rings. The second-order valence-corrected chi connectivity index (χ2v) is 4.04. The van der Waals surface area contributed by atoms with Crippen molar-refractivity contribution >= 4 is 23.5 Å². The Hall–Kier alpha value is -2.08.